The lowest BCUT2D eigenvalue weighted by Gasteiger charge is -2.14. The highest BCUT2D eigenvalue weighted by Gasteiger charge is 2.34. The van der Waals surface area contributed by atoms with Crippen molar-refractivity contribution in [1.29, 1.82) is 0 Å². The number of imidazole rings is 3. The summed E-state index contributed by atoms with van der Waals surface area (Å²) in [5, 5.41) is 13.6. The van der Waals surface area contributed by atoms with Crippen LogP contribution in [0, 0.1) is 0 Å². The van der Waals surface area contributed by atoms with Crippen LogP contribution < -0.4 is 0 Å². The fraction of sp³-hybridized carbons (Fsp3) is 0. The van der Waals surface area contributed by atoms with E-state index in [2.05, 4.69) is 463 Å². The molecular formula is C126H79N13OS. The molecule has 0 saturated carbocycles. The Morgan fingerprint density at radius 3 is 0.865 bits per heavy atom. The molecule has 0 amide bonds. The molecule has 15 heteroatoms. The second-order valence-corrected chi connectivity index (χ2v) is 36.5. The average Bonchev–Trinajstić information content (AvgIpc) is 1.53. The summed E-state index contributed by atoms with van der Waals surface area (Å²) in [5.41, 5.74) is 28.0. The predicted molar refractivity (Wildman–Crippen MR) is 581 cm³/mol. The highest BCUT2D eigenvalue weighted by atomic mass is 32.1. The largest absolute Gasteiger partial charge is 0.454 e. The summed E-state index contributed by atoms with van der Waals surface area (Å²) in [6, 6.07) is 167. The predicted octanol–water partition coefficient (Wildman–Crippen LogP) is 32.3. The van der Waals surface area contributed by atoms with Gasteiger partial charge in [-0.15, -0.1) is 11.3 Å². The van der Waals surface area contributed by atoms with Crippen LogP contribution in [0.2, 0.25) is 0 Å². The highest BCUT2D eigenvalue weighted by molar-refractivity contribution is 7.27. The number of aromatic nitrogens is 13. The van der Waals surface area contributed by atoms with Gasteiger partial charge in [-0.05, 0) is 109 Å². The van der Waals surface area contributed by atoms with Crippen molar-refractivity contribution in [3.05, 3.63) is 479 Å². The Morgan fingerprint density at radius 1 is 0.184 bits per heavy atom. The van der Waals surface area contributed by atoms with E-state index < -0.39 is 0 Å². The minimum Gasteiger partial charge on any atom is -0.454 e. The number of fused-ring (bicyclic) bond motifs is 30. The van der Waals surface area contributed by atoms with Crippen LogP contribution in [0.15, 0.2) is 484 Å². The summed E-state index contributed by atoms with van der Waals surface area (Å²) in [6.45, 7) is 0. The van der Waals surface area contributed by atoms with Crippen molar-refractivity contribution in [3.63, 3.8) is 0 Å². The molecule has 10 aromatic heterocycles. The van der Waals surface area contributed by atoms with Gasteiger partial charge < -0.3 is 18.1 Å². The van der Waals surface area contributed by atoms with E-state index >= 15 is 0 Å². The lowest BCUT2D eigenvalue weighted by molar-refractivity contribution is 0.671. The fourth-order valence-electron chi connectivity index (χ4n) is 21.6. The Balaban J connectivity index is 0.000000106. The summed E-state index contributed by atoms with van der Waals surface area (Å²) >= 11 is 1.88. The normalized spacial score (nSPS) is 11.8. The van der Waals surface area contributed by atoms with E-state index in [0.717, 1.165) is 200 Å². The number of benzene rings is 20. The molecule has 141 heavy (non-hydrogen) atoms. The van der Waals surface area contributed by atoms with Crippen LogP contribution in [-0.4, -0.2) is 61.9 Å². The molecule has 0 aliphatic rings. The zero-order valence-electron chi connectivity index (χ0n) is 75.7. The molecule has 0 unspecified atom stereocenters. The van der Waals surface area contributed by atoms with Gasteiger partial charge in [0, 0.05) is 126 Å². The van der Waals surface area contributed by atoms with Crippen LogP contribution in [0.4, 0.5) is 0 Å². The Kier molecular flexibility index (Phi) is 18.8. The molecule has 30 aromatic rings. The second kappa shape index (κ2) is 33.0. The third-order valence-corrected chi connectivity index (χ3v) is 28.6. The maximum atomic E-state index is 6.81. The summed E-state index contributed by atoms with van der Waals surface area (Å²) in [7, 11) is 0. The fourth-order valence-corrected chi connectivity index (χ4v) is 22.9. The third kappa shape index (κ3) is 12.7. The van der Waals surface area contributed by atoms with Crippen molar-refractivity contribution in [2.24, 2.45) is 0 Å². The van der Waals surface area contributed by atoms with E-state index in [0.29, 0.717) is 17.6 Å². The summed E-state index contributed by atoms with van der Waals surface area (Å²) in [5.74, 6) is 4.45. The first kappa shape index (κ1) is 80.5. The van der Waals surface area contributed by atoms with E-state index in [9.17, 15) is 0 Å². The van der Waals surface area contributed by atoms with Crippen LogP contribution in [0.5, 0.6) is 0 Å². The van der Waals surface area contributed by atoms with E-state index in [1.165, 1.54) is 42.0 Å². The van der Waals surface area contributed by atoms with Gasteiger partial charge in [0.15, 0.2) is 17.2 Å². The molecule has 0 spiro atoms. The lowest BCUT2D eigenvalue weighted by atomic mass is 10.1. The maximum absolute atomic E-state index is 6.81. The first-order valence-electron chi connectivity index (χ1n) is 47.4. The highest BCUT2D eigenvalue weighted by Crippen LogP contribution is 2.54. The number of para-hydroxylation sites is 11. The molecule has 0 bridgehead atoms. The lowest BCUT2D eigenvalue weighted by Crippen LogP contribution is -2.07. The van der Waals surface area contributed by atoms with E-state index in [1.54, 1.807) is 0 Å². The van der Waals surface area contributed by atoms with Gasteiger partial charge in [-0.2, -0.15) is 9.97 Å². The minimum absolute atomic E-state index is 0.531. The second-order valence-electron chi connectivity index (χ2n) is 35.4. The van der Waals surface area contributed by atoms with E-state index in [4.69, 9.17) is 34.3 Å². The van der Waals surface area contributed by atoms with Crippen molar-refractivity contribution in [2.45, 2.75) is 0 Å². The SMILES string of the molecule is c1ccc(-c2nc(-c3ccccc3)nc(-n3c4ccccc4c4c5c(nc(-c6ccccc6)n5-c5ccccc5)c5c6ccccc6n(-c6ccccc6)c5c43)n2)cc1.c1ccc(-c2nc3c4c5ccccc5n(-c5ccccc5)c4c4oc5ccccc5c4c3n2-c2ccccc2)cc1.c1ccc(-c2nc3c4c5ccccc5n(-c5ccccc5)c4c4sc5ccccc5c4c3n2-c2ccccc2)cc1. The number of nitrogens with zero attached hydrogens (tertiary/aromatic N) is 13. The van der Waals surface area contributed by atoms with Crippen LogP contribution in [-0.2, 0) is 0 Å². The van der Waals surface area contributed by atoms with E-state index in [1.807, 2.05) is 59.9 Å². The number of furan rings is 1. The van der Waals surface area contributed by atoms with Crippen molar-refractivity contribution >= 4 is 174 Å². The molecule has 0 aliphatic heterocycles. The van der Waals surface area contributed by atoms with Crippen LogP contribution in [0.1, 0.15) is 0 Å². The van der Waals surface area contributed by atoms with Gasteiger partial charge in [0.05, 0.1) is 65.3 Å². The van der Waals surface area contributed by atoms with Crippen molar-refractivity contribution in [3.8, 4) is 97.0 Å². The first-order chi connectivity index (χ1) is 70.1. The number of hydrogen-bond donors (Lipinski definition) is 0. The molecule has 660 valence electrons. The van der Waals surface area contributed by atoms with Gasteiger partial charge in [-0.1, -0.05) is 370 Å². The standard InChI is InChI=1S/C52H33N7.C37H23N3O.C37H23N3S/c1-6-20-34(21-7-1)49-54-50(35-22-8-2-9-23-35)56-52(55-49)59-42-33-19-17-31-40(42)44-46-45(53-51(36-24-10-3-11-25-36)58(46)38-28-14-5-15-29-38)43-39-30-16-18-32-41(39)57(47(43)48(44)59)37-26-12-4-13-27-37;2*1-4-14-24(15-5-1)37-38-33-31-27-20-10-12-22-29(27)39(25-16-6-2-7-17-25)35(31)36-32(28-21-11-13-23-30(28)41-36)34(33)40(37)26-18-8-3-9-19-26/h1-33H;2*1-23H. The maximum Gasteiger partial charge on any atom is 0.238 e. The Labute approximate surface area is 810 Å². The molecule has 20 aromatic carbocycles. The van der Waals surface area contributed by atoms with Crippen LogP contribution in [0.3, 0.4) is 0 Å². The molecule has 30 rings (SSSR count). The Hall–Kier alpha value is -19.0. The molecular weight excluding hydrogens is 1740 g/mol. The van der Waals surface area contributed by atoms with E-state index in [-0.39, 0.29) is 0 Å². The third-order valence-electron chi connectivity index (χ3n) is 27.5. The topological polar surface area (TPSA) is 125 Å². The molecule has 0 N–H and O–H groups in total. The molecule has 0 atom stereocenters. The molecule has 0 radical (unpaired) electrons. The zero-order valence-corrected chi connectivity index (χ0v) is 76.6. The molecule has 10 heterocycles. The van der Waals surface area contributed by atoms with Crippen LogP contribution in [0.25, 0.3) is 259 Å². The van der Waals surface area contributed by atoms with Crippen molar-refractivity contribution < 1.29 is 4.42 Å². The zero-order chi connectivity index (χ0) is 92.7. The van der Waals surface area contributed by atoms with Crippen molar-refractivity contribution in [2.75, 3.05) is 0 Å². The molecule has 0 fully saturated rings. The summed E-state index contributed by atoms with van der Waals surface area (Å²) in [4.78, 5) is 32.5. The molecule has 14 nitrogen and oxygen atoms in total. The first-order valence-corrected chi connectivity index (χ1v) is 48.2. The number of thiophene rings is 1. The number of hydrogen-bond acceptors (Lipinski definition) is 8. The van der Waals surface area contributed by atoms with Crippen molar-refractivity contribution in [1.82, 2.24) is 61.9 Å². The monoisotopic (exact) mass is 1820 g/mol. The quantitative estimate of drug-likeness (QED) is 0.119. The van der Waals surface area contributed by atoms with Gasteiger partial charge in [0.1, 0.15) is 45.1 Å². The molecule has 0 aliphatic carbocycles. The van der Waals surface area contributed by atoms with Gasteiger partial charge in [-0.25, -0.2) is 19.9 Å². The summed E-state index contributed by atoms with van der Waals surface area (Å²) < 4.78 is 25.8. The van der Waals surface area contributed by atoms with Gasteiger partial charge in [-0.3, -0.25) is 18.3 Å². The van der Waals surface area contributed by atoms with Crippen LogP contribution >= 0.6 is 11.3 Å². The van der Waals surface area contributed by atoms with Gasteiger partial charge in [0.2, 0.25) is 5.95 Å². The van der Waals surface area contributed by atoms with Gasteiger partial charge >= 0.3 is 0 Å². The Morgan fingerprint density at radius 2 is 0.461 bits per heavy atom. The summed E-state index contributed by atoms with van der Waals surface area (Å²) in [6.07, 6.45) is 0. The smallest absolute Gasteiger partial charge is 0.238 e. The van der Waals surface area contributed by atoms with Gasteiger partial charge in [0.25, 0.3) is 0 Å². The average molecular weight is 1820 g/mol. The minimum atomic E-state index is 0.531. The Bertz CT molecular complexity index is 9740. The molecule has 0 saturated heterocycles. The number of rotatable bonds is 12.